The molecule has 0 radical (unpaired) electrons. The summed E-state index contributed by atoms with van der Waals surface area (Å²) in [4.78, 5) is 44.1. The number of aromatic nitrogens is 4. The number of nitrogens with one attached hydrogen (secondary N) is 1. The molecule has 2 aliphatic carbocycles. The van der Waals surface area contributed by atoms with Gasteiger partial charge in [-0.1, -0.05) is 22.6 Å². The number of aryl methyl sites for hydroxylation is 2. The van der Waals surface area contributed by atoms with Gasteiger partial charge in [-0.2, -0.15) is 0 Å². The molecule has 4 aromatic rings. The van der Waals surface area contributed by atoms with Gasteiger partial charge >= 0.3 is 0 Å². The number of ether oxygens (including phenoxy) is 1. The molecule has 12 nitrogen and oxygen atoms in total. The van der Waals surface area contributed by atoms with Crippen molar-refractivity contribution < 1.29 is 24.0 Å². The number of hydrogen-bond acceptors (Lipinski definition) is 11. The number of anilines is 1. The number of thiazole rings is 1. The van der Waals surface area contributed by atoms with Gasteiger partial charge in [0.25, 0.3) is 5.91 Å². The standard InChI is InChI=1S/C33H39N7O5S/c1-18-16-39(32(43)30-19(2)38-45-20(30)3)9-10-40(18)24-11-22(12-24)31(42)37-33-36-25-8-7-21(13-28(25)46-33)23-14-34-29(35-15-23)17-44-27-6-4-5-26(27)41/h7-8,13-15,18,22,24,26-27,41H,4-6,9-12,16-17H2,1-3H3,(H,36,37,42)/t18-,22-,24+,26-,27-/m0/s1. The molecule has 1 aromatic carbocycles. The number of aliphatic hydroxyl groups excluding tert-OH is 1. The summed E-state index contributed by atoms with van der Waals surface area (Å²) >= 11 is 1.46. The predicted octanol–water partition coefficient (Wildman–Crippen LogP) is 4.35. The van der Waals surface area contributed by atoms with Gasteiger partial charge in [0.1, 0.15) is 17.9 Å². The van der Waals surface area contributed by atoms with Crippen molar-refractivity contribution in [3.8, 4) is 11.1 Å². The Morgan fingerprint density at radius 3 is 2.63 bits per heavy atom. The van der Waals surface area contributed by atoms with Crippen LogP contribution in [0.2, 0.25) is 0 Å². The highest BCUT2D eigenvalue weighted by atomic mass is 32.1. The van der Waals surface area contributed by atoms with Crippen molar-refractivity contribution in [3.05, 3.63) is 53.4 Å². The van der Waals surface area contributed by atoms with Gasteiger partial charge in [-0.3, -0.25) is 14.5 Å². The Bertz CT molecular complexity index is 1710. The van der Waals surface area contributed by atoms with E-state index in [2.05, 4.69) is 37.2 Å². The molecule has 1 saturated heterocycles. The maximum atomic E-state index is 13.1. The van der Waals surface area contributed by atoms with E-state index in [0.29, 0.717) is 47.1 Å². The van der Waals surface area contributed by atoms with Crippen LogP contribution in [0.4, 0.5) is 5.13 Å². The molecule has 46 heavy (non-hydrogen) atoms. The second-order valence-corrected chi connectivity index (χ2v) is 13.8. The predicted molar refractivity (Wildman–Crippen MR) is 172 cm³/mol. The number of nitrogens with zero attached hydrogens (tertiary/aromatic N) is 6. The lowest BCUT2D eigenvalue weighted by Crippen LogP contribution is -2.60. The number of carbonyl (C=O) groups is 2. The Balaban J connectivity index is 0.906. The first kappa shape index (κ1) is 30.9. The molecule has 3 fully saturated rings. The van der Waals surface area contributed by atoms with Crippen LogP contribution in [0.5, 0.6) is 0 Å². The Morgan fingerprint density at radius 1 is 1.13 bits per heavy atom. The first-order valence-corrected chi connectivity index (χ1v) is 16.9. The molecule has 1 aliphatic heterocycles. The summed E-state index contributed by atoms with van der Waals surface area (Å²) in [7, 11) is 0. The second-order valence-electron chi connectivity index (χ2n) is 12.8. The first-order valence-electron chi connectivity index (χ1n) is 16.0. The van der Waals surface area contributed by atoms with Crippen molar-refractivity contribution in [1.82, 2.24) is 29.9 Å². The smallest absolute Gasteiger partial charge is 0.259 e. The lowest BCUT2D eigenvalue weighted by Gasteiger charge is -2.49. The molecule has 3 atom stereocenters. The number of rotatable bonds is 8. The number of carbonyl (C=O) groups excluding carboxylic acids is 2. The molecule has 0 unspecified atom stereocenters. The van der Waals surface area contributed by atoms with E-state index in [4.69, 9.17) is 9.26 Å². The summed E-state index contributed by atoms with van der Waals surface area (Å²) < 4.78 is 12.0. The molecular formula is C33H39N7O5S. The third-order valence-corrected chi connectivity index (χ3v) is 10.6. The highest BCUT2D eigenvalue weighted by molar-refractivity contribution is 7.22. The van der Waals surface area contributed by atoms with Crippen molar-refractivity contribution in [2.75, 3.05) is 25.0 Å². The molecule has 2 saturated carbocycles. The van der Waals surface area contributed by atoms with E-state index in [-0.39, 0.29) is 36.5 Å². The fraction of sp³-hybridized carbons (Fsp3) is 0.515. The molecule has 2 amide bonds. The van der Waals surface area contributed by atoms with Gasteiger partial charge in [0.15, 0.2) is 11.0 Å². The quantitative estimate of drug-likeness (QED) is 0.284. The van der Waals surface area contributed by atoms with Crippen LogP contribution in [0.1, 0.15) is 66.7 Å². The second kappa shape index (κ2) is 12.8. The first-order chi connectivity index (χ1) is 22.2. The van der Waals surface area contributed by atoms with Gasteiger partial charge in [-0.05, 0) is 70.6 Å². The van der Waals surface area contributed by atoms with E-state index < -0.39 is 6.10 Å². The van der Waals surface area contributed by atoms with Gasteiger partial charge in [0.2, 0.25) is 5.91 Å². The van der Waals surface area contributed by atoms with Crippen molar-refractivity contribution in [2.45, 2.75) is 83.8 Å². The molecule has 0 spiro atoms. The van der Waals surface area contributed by atoms with Gasteiger partial charge in [0.05, 0.1) is 28.1 Å². The van der Waals surface area contributed by atoms with E-state index in [1.54, 1.807) is 26.2 Å². The summed E-state index contributed by atoms with van der Waals surface area (Å²) in [5.41, 5.74) is 3.88. The Kier molecular flexibility index (Phi) is 8.57. The lowest BCUT2D eigenvalue weighted by atomic mass is 9.78. The van der Waals surface area contributed by atoms with E-state index in [0.717, 1.165) is 60.0 Å². The highest BCUT2D eigenvalue weighted by Crippen LogP contribution is 2.36. The summed E-state index contributed by atoms with van der Waals surface area (Å²) in [6.45, 7) is 8.06. The Labute approximate surface area is 271 Å². The van der Waals surface area contributed by atoms with Crippen LogP contribution >= 0.6 is 11.3 Å². The molecule has 4 heterocycles. The summed E-state index contributed by atoms with van der Waals surface area (Å²) in [5, 5.41) is 17.5. The van der Waals surface area contributed by atoms with Crippen LogP contribution in [-0.4, -0.2) is 90.8 Å². The van der Waals surface area contributed by atoms with Crippen molar-refractivity contribution >= 4 is 38.5 Å². The fourth-order valence-corrected chi connectivity index (χ4v) is 7.85. The van der Waals surface area contributed by atoms with Crippen LogP contribution in [0.15, 0.2) is 35.1 Å². The zero-order chi connectivity index (χ0) is 31.9. The molecule has 13 heteroatoms. The fourth-order valence-electron chi connectivity index (χ4n) is 6.94. The normalized spacial score (nSPS) is 25.1. The Morgan fingerprint density at radius 2 is 1.93 bits per heavy atom. The molecule has 2 N–H and O–H groups in total. The van der Waals surface area contributed by atoms with E-state index in [9.17, 15) is 14.7 Å². The molecule has 242 valence electrons. The van der Waals surface area contributed by atoms with Crippen LogP contribution in [0.25, 0.3) is 21.3 Å². The minimum atomic E-state index is -0.401. The number of benzene rings is 1. The molecule has 3 aromatic heterocycles. The van der Waals surface area contributed by atoms with Crippen LogP contribution in [0, 0.1) is 19.8 Å². The topological polar surface area (TPSA) is 147 Å². The molecule has 7 rings (SSSR count). The van der Waals surface area contributed by atoms with Crippen molar-refractivity contribution in [3.63, 3.8) is 0 Å². The van der Waals surface area contributed by atoms with Gasteiger partial charge in [0, 0.05) is 55.6 Å². The summed E-state index contributed by atoms with van der Waals surface area (Å²) in [5.74, 6) is 1.07. The third kappa shape index (κ3) is 6.16. The number of piperazine rings is 1. The monoisotopic (exact) mass is 645 g/mol. The largest absolute Gasteiger partial charge is 0.390 e. The minimum Gasteiger partial charge on any atom is -0.390 e. The lowest BCUT2D eigenvalue weighted by molar-refractivity contribution is -0.125. The molecular weight excluding hydrogens is 606 g/mol. The van der Waals surface area contributed by atoms with Crippen LogP contribution in [0.3, 0.4) is 0 Å². The van der Waals surface area contributed by atoms with Crippen LogP contribution in [-0.2, 0) is 16.1 Å². The SMILES string of the molecule is Cc1noc(C)c1C(=O)N1CCN([C@H]2C[C@@H](C(=O)Nc3nc4ccc(-c5cnc(CO[C@H]6CCC[C@@H]6O)nc5)cc4s3)C2)[C@@H](C)C1. The van der Waals surface area contributed by atoms with E-state index >= 15 is 0 Å². The van der Waals surface area contributed by atoms with Gasteiger partial charge in [-0.15, -0.1) is 0 Å². The number of aliphatic hydroxyl groups is 1. The Hall–Kier alpha value is -3.78. The number of fused-ring (bicyclic) bond motifs is 1. The van der Waals surface area contributed by atoms with E-state index in [1.807, 2.05) is 23.1 Å². The third-order valence-electron chi connectivity index (χ3n) is 9.67. The maximum absolute atomic E-state index is 13.1. The molecule has 0 bridgehead atoms. The van der Waals surface area contributed by atoms with Crippen LogP contribution < -0.4 is 5.32 Å². The minimum absolute atomic E-state index is 0.00624. The maximum Gasteiger partial charge on any atom is 0.259 e. The zero-order valence-corrected chi connectivity index (χ0v) is 27.1. The highest BCUT2D eigenvalue weighted by Gasteiger charge is 2.42. The summed E-state index contributed by atoms with van der Waals surface area (Å²) in [6.07, 6.45) is 7.25. The zero-order valence-electron chi connectivity index (χ0n) is 26.3. The molecule has 3 aliphatic rings. The van der Waals surface area contributed by atoms with E-state index in [1.165, 1.54) is 11.3 Å². The van der Waals surface area contributed by atoms with Gasteiger partial charge < -0.3 is 24.6 Å². The average Bonchev–Trinajstić information content (AvgIpc) is 3.72. The summed E-state index contributed by atoms with van der Waals surface area (Å²) in [6, 6.07) is 6.51. The van der Waals surface area contributed by atoms with Crippen molar-refractivity contribution in [2.24, 2.45) is 5.92 Å². The van der Waals surface area contributed by atoms with Crippen molar-refractivity contribution in [1.29, 1.82) is 0 Å². The average molecular weight is 646 g/mol. The number of amides is 2. The number of hydrogen-bond donors (Lipinski definition) is 2. The van der Waals surface area contributed by atoms with Gasteiger partial charge in [-0.25, -0.2) is 15.0 Å².